The van der Waals surface area contributed by atoms with Gasteiger partial charge < -0.3 is 15.8 Å². The summed E-state index contributed by atoms with van der Waals surface area (Å²) in [6.45, 7) is 6.84. The van der Waals surface area contributed by atoms with E-state index in [9.17, 15) is 0 Å². The average molecular weight is 256 g/mol. The van der Waals surface area contributed by atoms with E-state index in [0.717, 1.165) is 39.2 Å². The molecule has 0 bridgehead atoms. The molecule has 1 unspecified atom stereocenters. The minimum absolute atomic E-state index is 0.534. The van der Waals surface area contributed by atoms with Crippen LogP contribution in [0.5, 0.6) is 0 Å². The molecule has 0 spiro atoms. The number of likely N-dealkylation sites (tertiary alicyclic amines) is 1. The molecule has 3 N–H and O–H groups in total. The quantitative estimate of drug-likeness (QED) is 0.383. The second-order valence-electron chi connectivity index (χ2n) is 4.83. The van der Waals surface area contributed by atoms with Crippen molar-refractivity contribution in [1.82, 2.24) is 10.2 Å². The maximum Gasteiger partial charge on any atom is 0.188 e. The van der Waals surface area contributed by atoms with E-state index < -0.39 is 0 Å². The Morgan fingerprint density at radius 1 is 1.56 bits per heavy atom. The Bertz CT molecular complexity index is 245. The van der Waals surface area contributed by atoms with Gasteiger partial charge in [-0.15, -0.1) is 0 Å². The molecule has 1 aliphatic heterocycles. The number of nitrogens with one attached hydrogen (secondary N) is 1. The van der Waals surface area contributed by atoms with Crippen molar-refractivity contribution in [2.24, 2.45) is 10.7 Å². The number of hydrogen-bond acceptors (Lipinski definition) is 3. The summed E-state index contributed by atoms with van der Waals surface area (Å²) in [6.07, 6.45) is 4.79. The highest BCUT2D eigenvalue weighted by molar-refractivity contribution is 5.77. The molecule has 0 aromatic carbocycles. The summed E-state index contributed by atoms with van der Waals surface area (Å²) in [6, 6.07) is 0.534. The van der Waals surface area contributed by atoms with Gasteiger partial charge in [0.25, 0.3) is 0 Å². The fourth-order valence-corrected chi connectivity index (χ4v) is 2.26. The molecule has 1 atom stereocenters. The van der Waals surface area contributed by atoms with Crippen LogP contribution in [0.25, 0.3) is 0 Å². The van der Waals surface area contributed by atoms with Gasteiger partial charge in [0, 0.05) is 26.2 Å². The Labute approximate surface area is 111 Å². The van der Waals surface area contributed by atoms with Crippen molar-refractivity contribution in [3.05, 3.63) is 0 Å². The summed E-state index contributed by atoms with van der Waals surface area (Å²) in [7, 11) is 1.75. The van der Waals surface area contributed by atoms with Gasteiger partial charge in [-0.05, 0) is 25.8 Å². The third kappa shape index (κ3) is 5.69. The molecule has 0 aromatic rings. The maximum absolute atomic E-state index is 5.83. The van der Waals surface area contributed by atoms with Gasteiger partial charge in [0.15, 0.2) is 5.96 Å². The van der Waals surface area contributed by atoms with Crippen LogP contribution in [-0.4, -0.2) is 56.8 Å². The van der Waals surface area contributed by atoms with Crippen LogP contribution in [0, 0.1) is 0 Å². The molecule has 0 aromatic heterocycles. The summed E-state index contributed by atoms with van der Waals surface area (Å²) in [5.41, 5.74) is 5.83. The number of rotatable bonds is 8. The number of ether oxygens (including phenoxy) is 1. The highest BCUT2D eigenvalue weighted by Gasteiger charge is 2.23. The molecule has 5 heteroatoms. The second-order valence-corrected chi connectivity index (χ2v) is 4.83. The van der Waals surface area contributed by atoms with Crippen molar-refractivity contribution in [3.8, 4) is 0 Å². The molecule has 1 rings (SSSR count). The van der Waals surface area contributed by atoms with Crippen molar-refractivity contribution in [3.63, 3.8) is 0 Å². The van der Waals surface area contributed by atoms with Gasteiger partial charge in [-0.25, -0.2) is 0 Å². The van der Waals surface area contributed by atoms with Crippen molar-refractivity contribution in [2.45, 2.75) is 38.6 Å². The van der Waals surface area contributed by atoms with E-state index in [4.69, 9.17) is 10.5 Å². The SMILES string of the molecule is CCCCNC(N)=NCC1CCCN1CCOC. The predicted molar refractivity (Wildman–Crippen MR) is 75.9 cm³/mol. The molecule has 106 valence electrons. The van der Waals surface area contributed by atoms with Gasteiger partial charge in [-0.3, -0.25) is 9.89 Å². The standard InChI is InChI=1S/C13H28N4O/c1-3-4-7-15-13(14)16-11-12-6-5-8-17(12)9-10-18-2/h12H,3-11H2,1-2H3,(H3,14,15,16). The van der Waals surface area contributed by atoms with Crippen LogP contribution in [0.3, 0.4) is 0 Å². The van der Waals surface area contributed by atoms with Crippen LogP contribution in [0.1, 0.15) is 32.6 Å². The molecule has 5 nitrogen and oxygen atoms in total. The van der Waals surface area contributed by atoms with Crippen LogP contribution < -0.4 is 11.1 Å². The first kappa shape index (κ1) is 15.2. The third-order valence-corrected chi connectivity index (χ3v) is 3.39. The van der Waals surface area contributed by atoms with E-state index in [2.05, 4.69) is 22.1 Å². The number of nitrogens with two attached hydrogens (primary N) is 1. The largest absolute Gasteiger partial charge is 0.383 e. The number of aliphatic imine (C=N–C) groups is 1. The first-order valence-electron chi connectivity index (χ1n) is 7.04. The molecule has 0 amide bonds. The van der Waals surface area contributed by atoms with E-state index in [-0.39, 0.29) is 0 Å². The second kappa shape index (κ2) is 9.16. The fourth-order valence-electron chi connectivity index (χ4n) is 2.26. The Kier molecular flexibility index (Phi) is 7.76. The van der Waals surface area contributed by atoms with Crippen LogP contribution in [0.15, 0.2) is 4.99 Å². The Morgan fingerprint density at radius 2 is 2.39 bits per heavy atom. The number of unbranched alkanes of at least 4 members (excludes halogenated alkanes) is 1. The molecule has 1 saturated heterocycles. The molecule has 0 radical (unpaired) electrons. The predicted octanol–water partition coefficient (Wildman–Crippen LogP) is 0.802. The molecule has 1 heterocycles. The average Bonchev–Trinajstić information content (AvgIpc) is 2.81. The van der Waals surface area contributed by atoms with Crippen molar-refractivity contribution >= 4 is 5.96 Å². The third-order valence-electron chi connectivity index (χ3n) is 3.39. The molecule has 0 saturated carbocycles. The normalized spacial score (nSPS) is 21.4. The van der Waals surface area contributed by atoms with Gasteiger partial charge in [0.05, 0.1) is 13.2 Å². The zero-order chi connectivity index (χ0) is 13.2. The van der Waals surface area contributed by atoms with Crippen LogP contribution in [0.2, 0.25) is 0 Å². The summed E-state index contributed by atoms with van der Waals surface area (Å²) < 4.78 is 5.13. The van der Waals surface area contributed by atoms with Crippen molar-refractivity contribution in [2.75, 3.05) is 39.9 Å². The monoisotopic (exact) mass is 256 g/mol. The highest BCUT2D eigenvalue weighted by atomic mass is 16.5. The number of nitrogens with zero attached hydrogens (tertiary/aromatic N) is 2. The molecule has 0 aliphatic carbocycles. The maximum atomic E-state index is 5.83. The topological polar surface area (TPSA) is 62.9 Å². The fraction of sp³-hybridized carbons (Fsp3) is 0.923. The van der Waals surface area contributed by atoms with E-state index in [1.165, 1.54) is 19.3 Å². The molecule has 18 heavy (non-hydrogen) atoms. The van der Waals surface area contributed by atoms with Gasteiger partial charge in [0.1, 0.15) is 0 Å². The molecular formula is C13H28N4O. The van der Waals surface area contributed by atoms with E-state index in [1.54, 1.807) is 7.11 Å². The number of methoxy groups -OCH3 is 1. The van der Waals surface area contributed by atoms with Gasteiger partial charge in [0.2, 0.25) is 0 Å². The Morgan fingerprint density at radius 3 is 3.11 bits per heavy atom. The Balaban J connectivity index is 2.25. The summed E-state index contributed by atoms with van der Waals surface area (Å²) in [5, 5.41) is 3.15. The molecule has 1 fully saturated rings. The van der Waals surface area contributed by atoms with Gasteiger partial charge in [-0.1, -0.05) is 13.3 Å². The number of guanidine groups is 1. The van der Waals surface area contributed by atoms with Crippen LogP contribution >= 0.6 is 0 Å². The molecular weight excluding hydrogens is 228 g/mol. The Hall–Kier alpha value is -0.810. The summed E-state index contributed by atoms with van der Waals surface area (Å²) in [5.74, 6) is 0.585. The lowest BCUT2D eigenvalue weighted by atomic mass is 10.2. The summed E-state index contributed by atoms with van der Waals surface area (Å²) >= 11 is 0. The lowest BCUT2D eigenvalue weighted by Gasteiger charge is -2.22. The zero-order valence-electron chi connectivity index (χ0n) is 11.8. The van der Waals surface area contributed by atoms with E-state index >= 15 is 0 Å². The first-order chi connectivity index (χ1) is 8.77. The van der Waals surface area contributed by atoms with Crippen LogP contribution in [-0.2, 0) is 4.74 Å². The molecule has 1 aliphatic rings. The minimum atomic E-state index is 0.534. The van der Waals surface area contributed by atoms with E-state index in [0.29, 0.717) is 12.0 Å². The van der Waals surface area contributed by atoms with E-state index in [1.807, 2.05) is 0 Å². The van der Waals surface area contributed by atoms with Crippen molar-refractivity contribution < 1.29 is 4.74 Å². The highest BCUT2D eigenvalue weighted by Crippen LogP contribution is 2.16. The number of hydrogen-bond donors (Lipinski definition) is 2. The minimum Gasteiger partial charge on any atom is -0.383 e. The first-order valence-corrected chi connectivity index (χ1v) is 7.04. The lowest BCUT2D eigenvalue weighted by molar-refractivity contribution is 0.143. The van der Waals surface area contributed by atoms with Crippen LogP contribution in [0.4, 0.5) is 0 Å². The smallest absolute Gasteiger partial charge is 0.188 e. The zero-order valence-corrected chi connectivity index (χ0v) is 11.8. The van der Waals surface area contributed by atoms with Gasteiger partial charge >= 0.3 is 0 Å². The van der Waals surface area contributed by atoms with Gasteiger partial charge in [-0.2, -0.15) is 0 Å². The summed E-state index contributed by atoms with van der Waals surface area (Å²) in [4.78, 5) is 6.89. The van der Waals surface area contributed by atoms with Crippen molar-refractivity contribution in [1.29, 1.82) is 0 Å². The lowest BCUT2D eigenvalue weighted by Crippen LogP contribution is -2.37.